The molecule has 2 aliphatic heterocycles. The van der Waals surface area contributed by atoms with Gasteiger partial charge in [-0.3, -0.25) is 0 Å². The van der Waals surface area contributed by atoms with Gasteiger partial charge in [0.1, 0.15) is 0 Å². The topological polar surface area (TPSA) is 40.5 Å². The van der Waals surface area contributed by atoms with Crippen molar-refractivity contribution < 1.29 is 10.2 Å². The number of thioether (sulfide) groups is 2. The fraction of sp³-hybridized carbons (Fsp3) is 0.722. The molecule has 0 spiro atoms. The third kappa shape index (κ3) is 18.7. The molecule has 0 saturated heterocycles. The fourth-order valence-corrected chi connectivity index (χ4v) is 7.20. The molecule has 2 heterocycles. The minimum absolute atomic E-state index is 0.0614. The van der Waals surface area contributed by atoms with Crippen LogP contribution in [0.4, 0.5) is 0 Å². The molecule has 1 atom stereocenters. The van der Waals surface area contributed by atoms with Gasteiger partial charge in [-0.05, 0) is 78.7 Å². The molecule has 2 rings (SSSR count). The molecular weight excluding hydrogens is 529 g/mol. The second kappa shape index (κ2) is 21.9. The zero-order valence-corrected chi connectivity index (χ0v) is 30.2. The molecule has 2 nitrogen and oxygen atoms in total. The third-order valence-electron chi connectivity index (χ3n) is 6.65. The molecule has 40 heavy (non-hydrogen) atoms. The van der Waals surface area contributed by atoms with Gasteiger partial charge >= 0.3 is 0 Å². The first-order valence-electron chi connectivity index (χ1n) is 15.9. The van der Waals surface area contributed by atoms with Crippen molar-refractivity contribution in [1.82, 2.24) is 0 Å². The van der Waals surface area contributed by atoms with Gasteiger partial charge in [0.05, 0.1) is 0 Å². The molecule has 0 bridgehead atoms. The van der Waals surface area contributed by atoms with Crippen LogP contribution < -0.4 is 0 Å². The average Bonchev–Trinajstić information content (AvgIpc) is 2.88. The van der Waals surface area contributed by atoms with Gasteiger partial charge < -0.3 is 10.2 Å². The van der Waals surface area contributed by atoms with Crippen molar-refractivity contribution >= 4 is 23.5 Å². The van der Waals surface area contributed by atoms with E-state index in [-0.39, 0.29) is 29.5 Å². The van der Waals surface area contributed by atoms with E-state index >= 15 is 0 Å². The van der Waals surface area contributed by atoms with Crippen LogP contribution in [0.15, 0.2) is 56.1 Å². The second-order valence-electron chi connectivity index (χ2n) is 12.3. The number of aliphatic hydroxyl groups is 2. The van der Waals surface area contributed by atoms with Crippen LogP contribution in [0.1, 0.15) is 135 Å². The summed E-state index contributed by atoms with van der Waals surface area (Å²) in [6.07, 6.45) is 22.5. The molecule has 0 fully saturated rings. The van der Waals surface area contributed by atoms with Gasteiger partial charge in [-0.1, -0.05) is 137 Å². The summed E-state index contributed by atoms with van der Waals surface area (Å²) in [6.45, 7) is 28.5. The van der Waals surface area contributed by atoms with E-state index in [1.165, 1.54) is 38.9 Å². The molecule has 2 aliphatic rings. The molecule has 2 N–H and O–H groups in total. The summed E-state index contributed by atoms with van der Waals surface area (Å²) in [5, 5.41) is 17.3. The van der Waals surface area contributed by atoms with Gasteiger partial charge in [0.15, 0.2) is 0 Å². The molecule has 1 unspecified atom stereocenters. The van der Waals surface area contributed by atoms with E-state index in [1.807, 2.05) is 51.2 Å². The third-order valence-corrected chi connectivity index (χ3v) is 8.80. The standard InChI is InChI=1S/C30H48OS2.C2H6O.2C2H6/c1-9-30(8,22-31)17-11-14-25-19-29(6,7)21-27(33-25)16-15-26-20-28(4,5)18-24(32-26)13-10-12-23(2)3;1-2-3;2*1-2/h15-16,18-21,23,31H,9-14,17,22H2,1-8H3;3H,2H2,1H3;2*1-2H3/b16-15-;;;. The maximum Gasteiger partial charge on any atom is 0.0484 e. The molecule has 0 saturated carbocycles. The first kappa shape index (κ1) is 41.5. The summed E-state index contributed by atoms with van der Waals surface area (Å²) in [7, 11) is 0. The van der Waals surface area contributed by atoms with Crippen LogP contribution in [0.25, 0.3) is 0 Å². The Kier molecular flexibility index (Phi) is 22.7. The summed E-state index contributed by atoms with van der Waals surface area (Å²) >= 11 is 3.88. The Morgan fingerprint density at radius 2 is 1.18 bits per heavy atom. The van der Waals surface area contributed by atoms with Crippen molar-refractivity contribution in [1.29, 1.82) is 0 Å². The van der Waals surface area contributed by atoms with Crippen LogP contribution in [0, 0.1) is 22.2 Å². The van der Waals surface area contributed by atoms with Crippen LogP contribution in [0.5, 0.6) is 0 Å². The highest BCUT2D eigenvalue weighted by Gasteiger charge is 2.24. The van der Waals surface area contributed by atoms with Crippen LogP contribution in [-0.2, 0) is 0 Å². The molecule has 0 radical (unpaired) electrons. The van der Waals surface area contributed by atoms with Crippen LogP contribution >= 0.6 is 23.5 Å². The van der Waals surface area contributed by atoms with E-state index in [0.29, 0.717) is 0 Å². The first-order valence-corrected chi connectivity index (χ1v) is 17.5. The number of allylic oxidation sites excluding steroid dienone is 8. The summed E-state index contributed by atoms with van der Waals surface area (Å²) in [6, 6.07) is 0. The van der Waals surface area contributed by atoms with Crippen LogP contribution in [0.2, 0.25) is 0 Å². The Labute approximate surface area is 259 Å². The molecule has 4 heteroatoms. The summed E-state index contributed by atoms with van der Waals surface area (Å²) in [5.41, 5.74) is 0.265. The van der Waals surface area contributed by atoms with E-state index in [1.54, 1.807) is 6.92 Å². The lowest BCUT2D eigenvalue weighted by Gasteiger charge is -2.28. The zero-order valence-electron chi connectivity index (χ0n) is 28.6. The van der Waals surface area contributed by atoms with E-state index in [2.05, 4.69) is 91.8 Å². The summed E-state index contributed by atoms with van der Waals surface area (Å²) in [4.78, 5) is 5.72. The predicted octanol–water partition coefficient (Wildman–Crippen LogP) is 12.1. The van der Waals surface area contributed by atoms with Gasteiger partial charge in [0.2, 0.25) is 0 Å². The van der Waals surface area contributed by atoms with E-state index in [0.717, 1.165) is 31.6 Å². The van der Waals surface area contributed by atoms with E-state index in [9.17, 15) is 5.11 Å². The maximum absolute atomic E-state index is 9.72. The molecule has 0 aromatic carbocycles. The fourth-order valence-electron chi connectivity index (χ4n) is 4.38. The monoisotopic (exact) mass is 594 g/mol. The van der Waals surface area contributed by atoms with Crippen molar-refractivity contribution in [2.45, 2.75) is 135 Å². The Morgan fingerprint density at radius 1 is 0.775 bits per heavy atom. The lowest BCUT2D eigenvalue weighted by molar-refractivity contribution is 0.126. The molecular formula is C36H66O2S2. The lowest BCUT2D eigenvalue weighted by Crippen LogP contribution is -2.20. The number of hydrogen-bond acceptors (Lipinski definition) is 4. The van der Waals surface area contributed by atoms with Crippen molar-refractivity contribution in [3.05, 3.63) is 56.1 Å². The molecule has 0 aliphatic carbocycles. The van der Waals surface area contributed by atoms with Crippen molar-refractivity contribution in [3.8, 4) is 0 Å². The maximum atomic E-state index is 9.72. The van der Waals surface area contributed by atoms with Crippen molar-refractivity contribution in [3.63, 3.8) is 0 Å². The molecule has 0 aromatic heterocycles. The Morgan fingerprint density at radius 3 is 1.52 bits per heavy atom. The highest BCUT2D eigenvalue weighted by atomic mass is 32.2. The number of hydrogen-bond donors (Lipinski definition) is 2. The van der Waals surface area contributed by atoms with Crippen LogP contribution in [-0.4, -0.2) is 23.4 Å². The minimum atomic E-state index is 0.0614. The highest BCUT2D eigenvalue weighted by Crippen LogP contribution is 2.44. The van der Waals surface area contributed by atoms with Gasteiger partial charge in [-0.25, -0.2) is 0 Å². The zero-order chi connectivity index (χ0) is 31.4. The summed E-state index contributed by atoms with van der Waals surface area (Å²) < 4.78 is 0. The predicted molar refractivity (Wildman–Crippen MR) is 188 cm³/mol. The second-order valence-corrected chi connectivity index (χ2v) is 14.7. The van der Waals surface area contributed by atoms with Gasteiger partial charge in [-0.15, -0.1) is 0 Å². The van der Waals surface area contributed by atoms with Crippen molar-refractivity contribution in [2.24, 2.45) is 22.2 Å². The molecule has 234 valence electrons. The van der Waals surface area contributed by atoms with Gasteiger partial charge in [0, 0.05) is 33.9 Å². The van der Waals surface area contributed by atoms with Crippen molar-refractivity contribution in [2.75, 3.05) is 13.2 Å². The minimum Gasteiger partial charge on any atom is -0.397 e. The quantitative estimate of drug-likeness (QED) is 0.236. The SMILES string of the molecule is CC.CC.CCC(C)(CO)CCCC1=CC(C)(C)C=C(/C=C\C2=CC(C)(C)C=C(CCCC(C)C)S2)S1.CCO. The van der Waals surface area contributed by atoms with Crippen LogP contribution in [0.3, 0.4) is 0 Å². The largest absolute Gasteiger partial charge is 0.397 e. The Balaban J connectivity index is 0. The van der Waals surface area contributed by atoms with E-state index < -0.39 is 0 Å². The van der Waals surface area contributed by atoms with E-state index in [4.69, 9.17) is 5.11 Å². The number of aliphatic hydroxyl groups excluding tert-OH is 2. The Bertz CT molecular complexity index is 822. The van der Waals surface area contributed by atoms with Gasteiger partial charge in [-0.2, -0.15) is 0 Å². The summed E-state index contributed by atoms with van der Waals surface area (Å²) in [5.74, 6) is 0.780. The molecule has 0 amide bonds. The highest BCUT2D eigenvalue weighted by molar-refractivity contribution is 8.07. The average molecular weight is 595 g/mol. The normalized spacial score (nSPS) is 18.9. The molecule has 0 aromatic rings. The smallest absolute Gasteiger partial charge is 0.0484 e. The van der Waals surface area contributed by atoms with Gasteiger partial charge in [0.25, 0.3) is 0 Å². The number of rotatable bonds is 12. The Hall–Kier alpha value is -0.680. The lowest BCUT2D eigenvalue weighted by atomic mass is 9.83. The first-order chi connectivity index (χ1) is 18.8.